The molecule has 0 saturated carbocycles. The molecular weight excluding hydrogens is 473 g/mol. The highest BCUT2D eigenvalue weighted by atomic mass is 35.5. The van der Waals surface area contributed by atoms with Gasteiger partial charge in [0.15, 0.2) is 5.82 Å². The number of aromatic amines is 1. The minimum absolute atomic E-state index is 0. The Labute approximate surface area is 200 Å². The van der Waals surface area contributed by atoms with E-state index in [2.05, 4.69) is 25.1 Å². The van der Waals surface area contributed by atoms with Crippen LogP contribution < -0.4 is 10.6 Å². The fourth-order valence-electron chi connectivity index (χ4n) is 3.76. The van der Waals surface area contributed by atoms with Crippen molar-refractivity contribution in [1.29, 1.82) is 0 Å². The van der Waals surface area contributed by atoms with E-state index in [1.54, 1.807) is 12.3 Å². The van der Waals surface area contributed by atoms with Gasteiger partial charge in [0.25, 0.3) is 0 Å². The number of aromatic nitrogens is 5. The molecule has 0 bridgehead atoms. The minimum atomic E-state index is -0.0190. The first-order chi connectivity index (χ1) is 15.1. The third-order valence-electron chi connectivity index (χ3n) is 5.31. The highest BCUT2D eigenvalue weighted by molar-refractivity contribution is 6.42. The van der Waals surface area contributed by atoms with E-state index in [1.165, 1.54) is 0 Å². The lowest BCUT2D eigenvalue weighted by atomic mass is 10.0. The predicted octanol–water partition coefficient (Wildman–Crippen LogP) is 4.17. The number of nitrogens with zero attached hydrogens (tertiary/aromatic N) is 5. The Balaban J connectivity index is 0.00000245. The van der Waals surface area contributed by atoms with Gasteiger partial charge in [-0.15, -0.1) is 12.4 Å². The molecule has 2 aromatic carbocycles. The van der Waals surface area contributed by atoms with Gasteiger partial charge in [0.1, 0.15) is 0 Å². The molecule has 1 aliphatic rings. The summed E-state index contributed by atoms with van der Waals surface area (Å²) in [6, 6.07) is 11.5. The van der Waals surface area contributed by atoms with Gasteiger partial charge in [-0.1, -0.05) is 47.5 Å². The van der Waals surface area contributed by atoms with Crippen molar-refractivity contribution in [2.45, 2.75) is 12.5 Å². The number of hydrogen-bond donors (Lipinski definition) is 2. The first-order valence-electron chi connectivity index (χ1n) is 9.81. The van der Waals surface area contributed by atoms with Gasteiger partial charge in [-0.25, -0.2) is 0 Å². The summed E-state index contributed by atoms with van der Waals surface area (Å²) in [6.07, 6.45) is 2.41. The third kappa shape index (κ3) is 4.45. The van der Waals surface area contributed by atoms with Crippen molar-refractivity contribution in [3.63, 3.8) is 0 Å². The first-order valence-corrected chi connectivity index (χ1v) is 10.6. The monoisotopic (exact) mass is 491 g/mol. The zero-order valence-electron chi connectivity index (χ0n) is 16.8. The molecule has 1 unspecified atom stereocenters. The van der Waals surface area contributed by atoms with Crippen LogP contribution in [0.25, 0.3) is 22.3 Å². The van der Waals surface area contributed by atoms with Crippen LogP contribution in [-0.2, 0) is 11.2 Å². The molecule has 32 heavy (non-hydrogen) atoms. The normalized spacial score (nSPS) is 16.2. The van der Waals surface area contributed by atoms with Gasteiger partial charge < -0.3 is 15.4 Å². The molecule has 0 aliphatic carbocycles. The van der Waals surface area contributed by atoms with Gasteiger partial charge in [-0.3, -0.25) is 5.10 Å². The smallest absolute Gasteiger partial charge is 0.231 e. The highest BCUT2D eigenvalue weighted by Crippen LogP contribution is 2.29. The van der Waals surface area contributed by atoms with E-state index >= 15 is 0 Å². The van der Waals surface area contributed by atoms with E-state index in [0.29, 0.717) is 48.0 Å². The maximum absolute atomic E-state index is 6.41. The number of H-pyrrole nitrogens is 1. The van der Waals surface area contributed by atoms with E-state index in [1.807, 2.05) is 30.3 Å². The lowest BCUT2D eigenvalue weighted by molar-refractivity contribution is 0.0932. The second-order valence-electron chi connectivity index (χ2n) is 7.33. The Morgan fingerprint density at radius 1 is 1.16 bits per heavy atom. The van der Waals surface area contributed by atoms with Crippen molar-refractivity contribution < 1.29 is 4.74 Å². The van der Waals surface area contributed by atoms with Gasteiger partial charge in [0, 0.05) is 17.5 Å². The number of hydrogen-bond acceptors (Lipinski definition) is 7. The molecule has 4 aromatic rings. The topological polar surface area (TPSA) is 106 Å². The van der Waals surface area contributed by atoms with Gasteiger partial charge in [0.05, 0.1) is 41.0 Å². The third-order valence-corrected chi connectivity index (χ3v) is 6.17. The van der Waals surface area contributed by atoms with Crippen LogP contribution in [0.4, 0.5) is 11.9 Å². The van der Waals surface area contributed by atoms with E-state index < -0.39 is 0 Å². The summed E-state index contributed by atoms with van der Waals surface area (Å²) >= 11 is 12.6. The summed E-state index contributed by atoms with van der Waals surface area (Å²) in [7, 11) is 0. The molecule has 3 N–H and O–H groups in total. The highest BCUT2D eigenvalue weighted by Gasteiger charge is 2.27. The lowest BCUT2D eigenvalue weighted by Crippen LogP contribution is -2.47. The molecule has 0 radical (unpaired) electrons. The molecule has 3 heterocycles. The Hall–Kier alpha value is -2.65. The summed E-state index contributed by atoms with van der Waals surface area (Å²) in [6.45, 7) is 1.72. The Morgan fingerprint density at radius 2 is 2.03 bits per heavy atom. The second-order valence-corrected chi connectivity index (χ2v) is 8.11. The summed E-state index contributed by atoms with van der Waals surface area (Å²) in [4.78, 5) is 15.6. The SMILES string of the molecule is Cl.Nc1nc(-c2ccc3cn[nH]c3c2)nc(N2CCOCC2Cc2cccc(Cl)c2Cl)n1. The number of benzene rings is 2. The average molecular weight is 493 g/mol. The summed E-state index contributed by atoms with van der Waals surface area (Å²) < 4.78 is 5.73. The van der Waals surface area contributed by atoms with Gasteiger partial charge in [0.2, 0.25) is 11.9 Å². The van der Waals surface area contributed by atoms with Crippen LogP contribution in [-0.4, -0.2) is 50.9 Å². The fraction of sp³-hybridized carbons (Fsp3) is 0.238. The number of anilines is 2. The number of ether oxygens (including phenoxy) is 1. The number of nitrogen functional groups attached to an aromatic ring is 1. The summed E-state index contributed by atoms with van der Waals surface area (Å²) in [5.74, 6) is 1.18. The Bertz CT molecular complexity index is 1250. The van der Waals surface area contributed by atoms with Crippen LogP contribution in [0.5, 0.6) is 0 Å². The van der Waals surface area contributed by atoms with Gasteiger partial charge in [-0.2, -0.15) is 20.1 Å². The van der Waals surface area contributed by atoms with Crippen molar-refractivity contribution in [3.8, 4) is 11.4 Å². The van der Waals surface area contributed by atoms with Gasteiger partial charge in [-0.05, 0) is 24.1 Å². The Morgan fingerprint density at radius 3 is 2.91 bits per heavy atom. The summed E-state index contributed by atoms with van der Waals surface area (Å²) in [5, 5.41) is 9.12. The molecule has 0 spiro atoms. The van der Waals surface area contributed by atoms with Crippen molar-refractivity contribution in [3.05, 3.63) is 58.2 Å². The molecular formula is C21H20Cl3N7O. The predicted molar refractivity (Wildman–Crippen MR) is 129 cm³/mol. The van der Waals surface area contributed by atoms with E-state index in [4.69, 9.17) is 38.7 Å². The number of fused-ring (bicyclic) bond motifs is 1. The van der Waals surface area contributed by atoms with Crippen molar-refractivity contribution >= 4 is 58.4 Å². The average Bonchev–Trinajstić information content (AvgIpc) is 3.25. The van der Waals surface area contributed by atoms with E-state index in [-0.39, 0.29) is 24.4 Å². The molecule has 1 fully saturated rings. The van der Waals surface area contributed by atoms with Crippen LogP contribution in [0, 0.1) is 0 Å². The number of rotatable bonds is 4. The second kappa shape index (κ2) is 9.46. The minimum Gasteiger partial charge on any atom is -0.377 e. The maximum atomic E-state index is 6.41. The molecule has 11 heteroatoms. The van der Waals surface area contributed by atoms with Crippen molar-refractivity contribution in [1.82, 2.24) is 25.1 Å². The molecule has 1 aliphatic heterocycles. The number of nitrogens with two attached hydrogens (primary N) is 1. The molecule has 1 atom stereocenters. The maximum Gasteiger partial charge on any atom is 0.231 e. The molecule has 5 rings (SSSR count). The van der Waals surface area contributed by atoms with E-state index in [0.717, 1.165) is 22.0 Å². The van der Waals surface area contributed by atoms with E-state index in [9.17, 15) is 0 Å². The fourth-order valence-corrected chi connectivity index (χ4v) is 4.16. The first kappa shape index (κ1) is 22.5. The van der Waals surface area contributed by atoms with Crippen LogP contribution in [0.1, 0.15) is 5.56 Å². The van der Waals surface area contributed by atoms with Crippen LogP contribution in [0.2, 0.25) is 10.0 Å². The number of nitrogens with one attached hydrogen (secondary N) is 1. The van der Waals surface area contributed by atoms with Gasteiger partial charge >= 0.3 is 0 Å². The standard InChI is InChI=1S/C21H19Cl2N7O.ClH/c22-16-3-1-2-12(18(16)23)8-15-11-31-7-6-30(15)21-27-19(26-20(24)28-21)13-4-5-14-10-25-29-17(14)9-13;/h1-5,9-10,15H,6-8,11H2,(H,25,29)(H2,24,26,27,28);1H. The van der Waals surface area contributed by atoms with Crippen LogP contribution in [0.15, 0.2) is 42.6 Å². The Kier molecular flexibility index (Phi) is 6.66. The number of halogens is 3. The molecule has 0 amide bonds. The quantitative estimate of drug-likeness (QED) is 0.440. The molecule has 166 valence electrons. The molecule has 1 saturated heterocycles. The van der Waals surface area contributed by atoms with Crippen molar-refractivity contribution in [2.75, 3.05) is 30.4 Å². The zero-order valence-corrected chi connectivity index (χ0v) is 19.2. The lowest BCUT2D eigenvalue weighted by Gasteiger charge is -2.36. The number of morpholine rings is 1. The molecule has 8 nitrogen and oxygen atoms in total. The molecule has 2 aromatic heterocycles. The van der Waals surface area contributed by atoms with Crippen LogP contribution >= 0.6 is 35.6 Å². The largest absolute Gasteiger partial charge is 0.377 e. The zero-order chi connectivity index (χ0) is 21.4. The van der Waals surface area contributed by atoms with Crippen LogP contribution in [0.3, 0.4) is 0 Å². The van der Waals surface area contributed by atoms with Crippen molar-refractivity contribution in [2.24, 2.45) is 0 Å². The summed E-state index contributed by atoms with van der Waals surface area (Å²) in [5.41, 5.74) is 8.73.